The summed E-state index contributed by atoms with van der Waals surface area (Å²) in [4.78, 5) is 25.3. The predicted octanol–water partition coefficient (Wildman–Crippen LogP) is 2.90. The zero-order chi connectivity index (χ0) is 17.5. The molecule has 4 heteroatoms. The summed E-state index contributed by atoms with van der Waals surface area (Å²) < 4.78 is 0. The summed E-state index contributed by atoms with van der Waals surface area (Å²) in [6.07, 6.45) is 6.47. The second-order valence-electron chi connectivity index (χ2n) is 9.14. The van der Waals surface area contributed by atoms with Gasteiger partial charge in [-0.1, -0.05) is 38.8 Å². The highest BCUT2D eigenvalue weighted by Crippen LogP contribution is 2.82. The average Bonchev–Trinajstić information content (AvgIpc) is 3.11. The van der Waals surface area contributed by atoms with Gasteiger partial charge in [0.05, 0.1) is 12.0 Å². The number of rotatable bonds is 4. The SMILES string of the molecule is CC(C)C1=C[C@H]2C[C@]3(C=O)[C@@H]4CC[C@@H](C)[C@H]4C[C@]2(CO)[C@]13C(=O)O. The number of allylic oxidation sites excluding steroid dienone is 1. The number of aldehydes is 1. The monoisotopic (exact) mass is 332 g/mol. The molecule has 0 spiro atoms. The quantitative estimate of drug-likeness (QED) is 0.613. The molecule has 0 aromatic carbocycles. The number of aliphatic carboxylic acids is 1. The van der Waals surface area contributed by atoms with Crippen molar-refractivity contribution >= 4 is 12.3 Å². The molecule has 0 saturated heterocycles. The van der Waals surface area contributed by atoms with E-state index in [0.717, 1.165) is 31.1 Å². The first-order valence-corrected chi connectivity index (χ1v) is 9.35. The maximum Gasteiger partial charge on any atom is 0.315 e. The topological polar surface area (TPSA) is 74.6 Å². The van der Waals surface area contributed by atoms with E-state index in [1.807, 2.05) is 13.8 Å². The standard InChI is InChI=1S/C20H28O4/c1-11(2)16-6-13-7-19(10-22)15-5-4-12(3)14(15)8-18(13,9-21)20(16,19)17(23)24/h6,10-15,21H,4-5,7-9H2,1-3H3,(H,23,24)/t12-,13+,14-,15-,18-,19+,20-/m1/s1. The van der Waals surface area contributed by atoms with Crippen LogP contribution in [-0.2, 0) is 9.59 Å². The highest BCUT2D eigenvalue weighted by atomic mass is 16.4. The Bertz CT molecular complexity index is 638. The van der Waals surface area contributed by atoms with Crippen LogP contribution >= 0.6 is 0 Å². The predicted molar refractivity (Wildman–Crippen MR) is 89.1 cm³/mol. The minimum Gasteiger partial charge on any atom is -0.481 e. The summed E-state index contributed by atoms with van der Waals surface area (Å²) >= 11 is 0. The van der Waals surface area contributed by atoms with Crippen LogP contribution in [0.5, 0.6) is 0 Å². The second kappa shape index (κ2) is 4.72. The first-order chi connectivity index (χ1) is 11.3. The van der Waals surface area contributed by atoms with Crippen LogP contribution < -0.4 is 0 Å². The lowest BCUT2D eigenvalue weighted by Gasteiger charge is -2.58. The van der Waals surface area contributed by atoms with Crippen molar-refractivity contribution in [1.82, 2.24) is 0 Å². The van der Waals surface area contributed by atoms with Crippen molar-refractivity contribution in [2.24, 2.45) is 45.8 Å². The Hall–Kier alpha value is -1.16. The number of fused-ring (bicyclic) bond motifs is 2. The molecule has 4 aliphatic carbocycles. The molecule has 0 aromatic rings. The normalized spacial score (nSPS) is 51.6. The van der Waals surface area contributed by atoms with E-state index in [9.17, 15) is 19.8 Å². The molecule has 0 aliphatic heterocycles. The van der Waals surface area contributed by atoms with Crippen molar-refractivity contribution in [3.05, 3.63) is 11.6 Å². The van der Waals surface area contributed by atoms with Crippen LogP contribution in [0, 0.1) is 45.8 Å². The second-order valence-corrected chi connectivity index (χ2v) is 9.14. The van der Waals surface area contributed by atoms with Crippen LogP contribution in [0.15, 0.2) is 11.6 Å². The fourth-order valence-corrected chi connectivity index (χ4v) is 7.66. The maximum absolute atomic E-state index is 12.8. The summed E-state index contributed by atoms with van der Waals surface area (Å²) in [7, 11) is 0. The summed E-state index contributed by atoms with van der Waals surface area (Å²) in [5, 5.41) is 20.9. The van der Waals surface area contributed by atoms with Crippen molar-refractivity contribution in [1.29, 1.82) is 0 Å². The van der Waals surface area contributed by atoms with Gasteiger partial charge in [-0.25, -0.2) is 0 Å². The van der Waals surface area contributed by atoms with Crippen LogP contribution in [-0.4, -0.2) is 29.1 Å². The Kier molecular flexibility index (Phi) is 3.21. The number of aliphatic hydroxyl groups excluding tert-OH is 1. The molecule has 0 unspecified atom stereocenters. The van der Waals surface area contributed by atoms with Gasteiger partial charge in [-0.15, -0.1) is 0 Å². The third-order valence-electron chi connectivity index (χ3n) is 8.40. The molecule has 0 aromatic heterocycles. The summed E-state index contributed by atoms with van der Waals surface area (Å²) in [6.45, 7) is 6.13. The molecule has 24 heavy (non-hydrogen) atoms. The van der Waals surface area contributed by atoms with Gasteiger partial charge in [0.2, 0.25) is 0 Å². The molecule has 0 amide bonds. The van der Waals surface area contributed by atoms with Gasteiger partial charge in [0.15, 0.2) is 0 Å². The van der Waals surface area contributed by atoms with E-state index >= 15 is 0 Å². The van der Waals surface area contributed by atoms with Crippen molar-refractivity contribution in [3.8, 4) is 0 Å². The number of carbonyl (C=O) groups is 2. The van der Waals surface area contributed by atoms with Gasteiger partial charge in [-0.3, -0.25) is 4.79 Å². The zero-order valence-corrected chi connectivity index (χ0v) is 14.8. The van der Waals surface area contributed by atoms with Crippen LogP contribution in [0.2, 0.25) is 0 Å². The lowest BCUT2D eigenvalue weighted by Crippen LogP contribution is -2.63. The van der Waals surface area contributed by atoms with E-state index in [0.29, 0.717) is 18.3 Å². The molecule has 3 saturated carbocycles. The van der Waals surface area contributed by atoms with Crippen LogP contribution in [0.4, 0.5) is 0 Å². The van der Waals surface area contributed by atoms with Crippen molar-refractivity contribution < 1.29 is 19.8 Å². The van der Waals surface area contributed by atoms with Crippen molar-refractivity contribution in [3.63, 3.8) is 0 Å². The molecule has 4 rings (SSSR count). The fraction of sp³-hybridized carbons (Fsp3) is 0.800. The van der Waals surface area contributed by atoms with E-state index in [-0.39, 0.29) is 24.4 Å². The molecule has 2 N–H and O–H groups in total. The minimum absolute atomic E-state index is 0.0130. The van der Waals surface area contributed by atoms with Crippen molar-refractivity contribution in [2.45, 2.75) is 46.5 Å². The molecule has 132 valence electrons. The number of hydrogen-bond acceptors (Lipinski definition) is 3. The van der Waals surface area contributed by atoms with E-state index in [2.05, 4.69) is 13.0 Å². The molecule has 0 radical (unpaired) electrons. The number of aliphatic hydroxyl groups is 1. The van der Waals surface area contributed by atoms with Crippen LogP contribution in [0.1, 0.15) is 46.5 Å². The summed E-state index contributed by atoms with van der Waals surface area (Å²) in [5.41, 5.74) is -1.85. The number of hydrogen-bond donors (Lipinski definition) is 2. The zero-order valence-electron chi connectivity index (χ0n) is 14.8. The average molecular weight is 332 g/mol. The minimum atomic E-state index is -1.21. The van der Waals surface area contributed by atoms with Crippen LogP contribution in [0.3, 0.4) is 0 Å². The van der Waals surface area contributed by atoms with Gasteiger partial charge < -0.3 is 15.0 Å². The molecule has 4 bridgehead atoms. The molecular weight excluding hydrogens is 304 g/mol. The Morgan fingerprint density at radius 3 is 2.62 bits per heavy atom. The number of carboxylic acid groups (broad SMARTS) is 1. The fourth-order valence-electron chi connectivity index (χ4n) is 7.66. The Morgan fingerprint density at radius 2 is 2.08 bits per heavy atom. The first kappa shape index (κ1) is 16.3. The lowest BCUT2D eigenvalue weighted by atomic mass is 9.43. The number of carboxylic acids is 1. The van der Waals surface area contributed by atoms with E-state index < -0.39 is 22.2 Å². The molecule has 3 fully saturated rings. The molecule has 4 nitrogen and oxygen atoms in total. The van der Waals surface area contributed by atoms with Gasteiger partial charge >= 0.3 is 5.97 Å². The third-order valence-corrected chi connectivity index (χ3v) is 8.40. The highest BCUT2D eigenvalue weighted by molar-refractivity contribution is 5.90. The van der Waals surface area contributed by atoms with E-state index in [4.69, 9.17) is 0 Å². The van der Waals surface area contributed by atoms with Gasteiger partial charge in [0.25, 0.3) is 0 Å². The third kappa shape index (κ3) is 1.35. The number of carbonyl (C=O) groups excluding carboxylic acids is 1. The molecule has 0 heterocycles. The lowest BCUT2D eigenvalue weighted by molar-refractivity contribution is -0.184. The van der Waals surface area contributed by atoms with Gasteiger partial charge in [-0.05, 0) is 48.9 Å². The first-order valence-electron chi connectivity index (χ1n) is 9.35. The highest BCUT2D eigenvalue weighted by Gasteiger charge is 2.84. The van der Waals surface area contributed by atoms with Gasteiger partial charge in [0.1, 0.15) is 11.7 Å². The molecular formula is C20H28O4. The van der Waals surface area contributed by atoms with Crippen LogP contribution in [0.25, 0.3) is 0 Å². The maximum atomic E-state index is 12.8. The summed E-state index contributed by atoms with van der Waals surface area (Å²) in [6, 6.07) is 0. The van der Waals surface area contributed by atoms with Crippen molar-refractivity contribution in [2.75, 3.05) is 6.61 Å². The van der Waals surface area contributed by atoms with E-state index in [1.165, 1.54) is 0 Å². The molecule has 4 aliphatic rings. The van der Waals surface area contributed by atoms with E-state index in [1.54, 1.807) is 0 Å². The van der Waals surface area contributed by atoms with Gasteiger partial charge in [-0.2, -0.15) is 0 Å². The Balaban J connectivity index is 2.03. The largest absolute Gasteiger partial charge is 0.481 e. The Labute approximate surface area is 143 Å². The Morgan fingerprint density at radius 1 is 1.38 bits per heavy atom. The molecule has 7 atom stereocenters. The smallest absolute Gasteiger partial charge is 0.315 e. The van der Waals surface area contributed by atoms with Gasteiger partial charge in [0, 0.05) is 5.41 Å². The summed E-state index contributed by atoms with van der Waals surface area (Å²) in [5.74, 6) is 0.215.